The Hall–Kier alpha value is -3.10. The predicted molar refractivity (Wildman–Crippen MR) is 90.0 cm³/mol. The molecule has 0 spiro atoms. The molecule has 0 bridgehead atoms. The van der Waals surface area contributed by atoms with Crippen molar-refractivity contribution in [2.45, 2.75) is 18.8 Å². The zero-order valence-corrected chi connectivity index (χ0v) is 14.1. The number of amides is 1. The molecule has 0 unspecified atom stereocenters. The number of para-hydroxylation sites is 2. The van der Waals surface area contributed by atoms with Crippen LogP contribution in [0.2, 0.25) is 0 Å². The molecule has 6 nitrogen and oxygen atoms in total. The highest BCUT2D eigenvalue weighted by Crippen LogP contribution is 2.31. The monoisotopic (exact) mass is 376 g/mol. The second-order valence-electron chi connectivity index (χ2n) is 6.28. The molecule has 27 heavy (non-hydrogen) atoms. The first kappa shape index (κ1) is 17.3. The van der Waals surface area contributed by atoms with Gasteiger partial charge in [0.05, 0.1) is 36.0 Å². The van der Waals surface area contributed by atoms with E-state index < -0.39 is 11.7 Å². The summed E-state index contributed by atoms with van der Waals surface area (Å²) < 4.78 is 45.4. The van der Waals surface area contributed by atoms with Gasteiger partial charge in [0.25, 0.3) is 0 Å². The van der Waals surface area contributed by atoms with Crippen molar-refractivity contribution in [1.82, 2.24) is 19.4 Å². The summed E-state index contributed by atoms with van der Waals surface area (Å²) in [6.07, 6.45) is -2.15. The number of hydrogen-bond donors (Lipinski definition) is 0. The predicted octanol–water partition coefficient (Wildman–Crippen LogP) is 2.74. The van der Waals surface area contributed by atoms with E-state index in [1.807, 2.05) is 24.3 Å². The third kappa shape index (κ3) is 3.57. The molecule has 1 fully saturated rings. The molecule has 0 aliphatic carbocycles. The van der Waals surface area contributed by atoms with Gasteiger partial charge in [-0.3, -0.25) is 4.79 Å². The Labute approximate surface area is 152 Å². The molecule has 0 atom stereocenters. The Morgan fingerprint density at radius 1 is 1.19 bits per heavy atom. The maximum absolute atomic E-state index is 12.7. The van der Waals surface area contributed by atoms with Crippen molar-refractivity contribution >= 4 is 16.9 Å². The largest absolute Gasteiger partial charge is 0.471 e. The molecule has 1 aromatic carbocycles. The van der Waals surface area contributed by atoms with Gasteiger partial charge in [-0.1, -0.05) is 12.1 Å². The van der Waals surface area contributed by atoms with Gasteiger partial charge in [0.1, 0.15) is 12.6 Å². The van der Waals surface area contributed by atoms with E-state index in [4.69, 9.17) is 4.74 Å². The van der Waals surface area contributed by atoms with E-state index in [1.165, 1.54) is 0 Å². The van der Waals surface area contributed by atoms with Gasteiger partial charge in [0.2, 0.25) is 11.8 Å². The van der Waals surface area contributed by atoms with Crippen LogP contribution in [-0.4, -0.2) is 44.5 Å². The minimum atomic E-state index is -4.45. The van der Waals surface area contributed by atoms with Crippen molar-refractivity contribution in [2.75, 3.05) is 13.1 Å². The van der Waals surface area contributed by atoms with Crippen LogP contribution in [0.5, 0.6) is 5.88 Å². The van der Waals surface area contributed by atoms with E-state index in [2.05, 4.69) is 9.97 Å². The average molecular weight is 376 g/mol. The van der Waals surface area contributed by atoms with Crippen LogP contribution in [0, 0.1) is 0 Å². The molecule has 2 aromatic heterocycles. The van der Waals surface area contributed by atoms with Crippen molar-refractivity contribution in [3.63, 3.8) is 0 Å². The number of pyridine rings is 1. The van der Waals surface area contributed by atoms with Gasteiger partial charge in [-0.2, -0.15) is 13.2 Å². The lowest BCUT2D eigenvalue weighted by Crippen LogP contribution is -2.57. The number of carbonyl (C=O) groups is 1. The lowest BCUT2D eigenvalue weighted by atomic mass is 10.1. The van der Waals surface area contributed by atoms with Crippen LogP contribution in [-0.2, 0) is 17.5 Å². The number of benzene rings is 1. The second kappa shape index (κ2) is 6.57. The first-order chi connectivity index (χ1) is 12.9. The topological polar surface area (TPSA) is 60.2 Å². The van der Waals surface area contributed by atoms with Crippen molar-refractivity contribution in [2.24, 2.45) is 0 Å². The maximum Gasteiger partial charge on any atom is 0.416 e. The van der Waals surface area contributed by atoms with Crippen LogP contribution in [0.1, 0.15) is 5.56 Å². The number of hydrogen-bond acceptors (Lipinski definition) is 4. The molecule has 0 N–H and O–H groups in total. The number of likely N-dealkylation sites (tertiary alicyclic amines) is 1. The third-order valence-corrected chi connectivity index (χ3v) is 4.38. The van der Waals surface area contributed by atoms with E-state index in [1.54, 1.807) is 15.8 Å². The van der Waals surface area contributed by atoms with Crippen LogP contribution >= 0.6 is 0 Å². The average Bonchev–Trinajstić information content (AvgIpc) is 3.00. The molecule has 0 radical (unpaired) electrons. The van der Waals surface area contributed by atoms with Crippen molar-refractivity contribution < 1.29 is 22.7 Å². The number of carbonyl (C=O) groups excluding carboxylic acids is 1. The molecule has 4 rings (SSSR count). The summed E-state index contributed by atoms with van der Waals surface area (Å²) in [6, 6.07) is 9.26. The molecule has 0 saturated carbocycles. The molecular weight excluding hydrogens is 361 g/mol. The van der Waals surface area contributed by atoms with E-state index in [9.17, 15) is 18.0 Å². The summed E-state index contributed by atoms with van der Waals surface area (Å²) in [5, 5.41) is 0. The first-order valence-electron chi connectivity index (χ1n) is 8.28. The standard InChI is InChI=1S/C18H15F3N4O2/c19-18(20,21)12-5-6-22-16(7-12)27-13-8-24(9-13)17(26)10-25-11-23-14-3-1-2-4-15(14)25/h1-7,11,13H,8-10H2. The van der Waals surface area contributed by atoms with Crippen LogP contribution in [0.15, 0.2) is 48.9 Å². The minimum Gasteiger partial charge on any atom is -0.471 e. The van der Waals surface area contributed by atoms with Gasteiger partial charge < -0.3 is 14.2 Å². The first-order valence-corrected chi connectivity index (χ1v) is 8.28. The molecule has 140 valence electrons. The maximum atomic E-state index is 12.7. The van der Waals surface area contributed by atoms with Crippen molar-refractivity contribution in [1.29, 1.82) is 0 Å². The van der Waals surface area contributed by atoms with E-state index in [0.717, 1.165) is 29.4 Å². The van der Waals surface area contributed by atoms with Gasteiger partial charge in [-0.25, -0.2) is 9.97 Å². The highest BCUT2D eigenvalue weighted by atomic mass is 19.4. The van der Waals surface area contributed by atoms with Crippen molar-refractivity contribution in [3.05, 3.63) is 54.5 Å². The van der Waals surface area contributed by atoms with Crippen LogP contribution < -0.4 is 4.74 Å². The summed E-state index contributed by atoms with van der Waals surface area (Å²) in [6.45, 7) is 0.766. The lowest BCUT2D eigenvalue weighted by Gasteiger charge is -2.38. The fourth-order valence-electron chi connectivity index (χ4n) is 2.92. The molecular formula is C18H15F3N4O2. The van der Waals surface area contributed by atoms with E-state index in [0.29, 0.717) is 13.1 Å². The van der Waals surface area contributed by atoms with Crippen LogP contribution in [0.25, 0.3) is 11.0 Å². The summed E-state index contributed by atoms with van der Waals surface area (Å²) in [5.41, 5.74) is 0.866. The minimum absolute atomic E-state index is 0.0949. The fraction of sp³-hybridized carbons (Fsp3) is 0.278. The Balaban J connectivity index is 1.34. The number of alkyl halides is 3. The molecule has 9 heteroatoms. The molecule has 3 aromatic rings. The van der Waals surface area contributed by atoms with Gasteiger partial charge in [-0.15, -0.1) is 0 Å². The summed E-state index contributed by atoms with van der Waals surface area (Å²) in [7, 11) is 0. The lowest BCUT2D eigenvalue weighted by molar-refractivity contribution is -0.140. The SMILES string of the molecule is O=C(Cn1cnc2ccccc21)N1CC(Oc2cc(C(F)(F)F)ccn2)C1. The zero-order valence-electron chi connectivity index (χ0n) is 14.1. The number of halogens is 3. The Bertz CT molecular complexity index is 980. The normalized spacial score (nSPS) is 15.0. The molecule has 3 heterocycles. The molecule has 1 saturated heterocycles. The van der Waals surface area contributed by atoms with Crippen LogP contribution in [0.4, 0.5) is 13.2 Å². The Morgan fingerprint density at radius 2 is 1.96 bits per heavy atom. The van der Waals surface area contributed by atoms with Gasteiger partial charge >= 0.3 is 6.18 Å². The summed E-state index contributed by atoms with van der Waals surface area (Å²) >= 11 is 0. The number of imidazole rings is 1. The summed E-state index contributed by atoms with van der Waals surface area (Å²) in [4.78, 5) is 22.0. The summed E-state index contributed by atoms with van der Waals surface area (Å²) in [5.74, 6) is -0.197. The number of rotatable bonds is 4. The molecule has 1 aliphatic rings. The molecule has 1 amide bonds. The fourth-order valence-corrected chi connectivity index (χ4v) is 2.92. The molecule has 1 aliphatic heterocycles. The Kier molecular flexibility index (Phi) is 4.21. The van der Waals surface area contributed by atoms with E-state index >= 15 is 0 Å². The second-order valence-corrected chi connectivity index (χ2v) is 6.28. The third-order valence-electron chi connectivity index (χ3n) is 4.38. The number of fused-ring (bicyclic) bond motifs is 1. The van der Waals surface area contributed by atoms with Crippen molar-refractivity contribution in [3.8, 4) is 5.88 Å². The quantitative estimate of drug-likeness (QED) is 0.703. The number of aromatic nitrogens is 3. The number of nitrogens with zero attached hydrogens (tertiary/aromatic N) is 4. The zero-order chi connectivity index (χ0) is 19.0. The highest BCUT2D eigenvalue weighted by Gasteiger charge is 2.34. The van der Waals surface area contributed by atoms with Gasteiger partial charge in [-0.05, 0) is 18.2 Å². The Morgan fingerprint density at radius 3 is 2.74 bits per heavy atom. The van der Waals surface area contributed by atoms with E-state index in [-0.39, 0.29) is 24.4 Å². The van der Waals surface area contributed by atoms with Gasteiger partial charge in [0.15, 0.2) is 0 Å². The smallest absolute Gasteiger partial charge is 0.416 e. The van der Waals surface area contributed by atoms with Gasteiger partial charge in [0, 0.05) is 12.3 Å². The number of ether oxygens (including phenoxy) is 1. The van der Waals surface area contributed by atoms with Crippen LogP contribution in [0.3, 0.4) is 0 Å². The highest BCUT2D eigenvalue weighted by molar-refractivity contribution is 5.81.